The van der Waals surface area contributed by atoms with Crippen molar-refractivity contribution in [3.8, 4) is 5.75 Å². The predicted molar refractivity (Wildman–Crippen MR) is 66.6 cm³/mol. The zero-order chi connectivity index (χ0) is 12.1. The summed E-state index contributed by atoms with van der Waals surface area (Å²) in [6.07, 6.45) is 0. The molecular weight excluding hydrogens is 249 g/mol. The van der Waals surface area contributed by atoms with Crippen molar-refractivity contribution in [2.75, 3.05) is 11.9 Å². The van der Waals surface area contributed by atoms with Gasteiger partial charge in [0.2, 0.25) is 5.91 Å². The van der Waals surface area contributed by atoms with Gasteiger partial charge in [-0.1, -0.05) is 11.6 Å². The molecular formula is C11H13Cl2NO2. The summed E-state index contributed by atoms with van der Waals surface area (Å²) < 4.78 is 5.36. The van der Waals surface area contributed by atoms with Crippen molar-refractivity contribution in [2.24, 2.45) is 0 Å². The lowest BCUT2D eigenvalue weighted by molar-refractivity contribution is -0.115. The normalized spacial score (nSPS) is 12.0. The molecule has 0 bridgehead atoms. The Morgan fingerprint density at radius 3 is 2.81 bits per heavy atom. The van der Waals surface area contributed by atoms with Crippen LogP contribution in [-0.2, 0) is 4.79 Å². The highest BCUT2D eigenvalue weighted by atomic mass is 35.5. The number of anilines is 1. The van der Waals surface area contributed by atoms with Crippen molar-refractivity contribution in [3.05, 3.63) is 23.2 Å². The van der Waals surface area contributed by atoms with Gasteiger partial charge in [0.25, 0.3) is 0 Å². The second-order valence-electron chi connectivity index (χ2n) is 3.18. The predicted octanol–water partition coefficient (Wildman–Crippen LogP) is 3.30. The molecule has 0 spiro atoms. The average molecular weight is 262 g/mol. The van der Waals surface area contributed by atoms with Gasteiger partial charge in [-0.2, -0.15) is 0 Å². The van der Waals surface area contributed by atoms with E-state index in [1.165, 1.54) is 0 Å². The first-order valence-electron chi connectivity index (χ1n) is 4.92. The van der Waals surface area contributed by atoms with E-state index in [9.17, 15) is 4.79 Å². The number of alkyl halides is 1. The van der Waals surface area contributed by atoms with Crippen LogP contribution in [0.1, 0.15) is 13.8 Å². The highest BCUT2D eigenvalue weighted by Gasteiger charge is 2.12. The third-order valence-electron chi connectivity index (χ3n) is 1.86. The fraction of sp³-hybridized carbons (Fsp3) is 0.364. The molecule has 1 aromatic carbocycles. The van der Waals surface area contributed by atoms with E-state index >= 15 is 0 Å². The van der Waals surface area contributed by atoms with Crippen LogP contribution in [-0.4, -0.2) is 17.9 Å². The van der Waals surface area contributed by atoms with E-state index in [-0.39, 0.29) is 5.91 Å². The van der Waals surface area contributed by atoms with Crippen LogP contribution in [0.2, 0.25) is 5.02 Å². The molecule has 1 N–H and O–H groups in total. The number of halogens is 2. The van der Waals surface area contributed by atoms with Crippen LogP contribution >= 0.6 is 23.2 Å². The van der Waals surface area contributed by atoms with E-state index < -0.39 is 5.38 Å². The van der Waals surface area contributed by atoms with Gasteiger partial charge in [0.1, 0.15) is 11.1 Å². The minimum Gasteiger partial charge on any atom is -0.492 e. The Bertz CT molecular complexity index is 380. The van der Waals surface area contributed by atoms with E-state index in [2.05, 4.69) is 5.32 Å². The summed E-state index contributed by atoms with van der Waals surface area (Å²) in [7, 11) is 0. The van der Waals surface area contributed by atoms with Crippen LogP contribution < -0.4 is 10.1 Å². The smallest absolute Gasteiger partial charge is 0.242 e. The third kappa shape index (κ3) is 3.58. The molecule has 0 aromatic heterocycles. The molecule has 0 heterocycles. The molecule has 0 aliphatic heterocycles. The largest absolute Gasteiger partial charge is 0.492 e. The minimum absolute atomic E-state index is 0.287. The highest BCUT2D eigenvalue weighted by Crippen LogP contribution is 2.28. The Morgan fingerprint density at radius 1 is 1.56 bits per heavy atom. The number of carbonyl (C=O) groups excluding carboxylic acids is 1. The number of rotatable bonds is 4. The molecule has 0 aliphatic rings. The number of nitrogens with one attached hydrogen (secondary N) is 1. The Morgan fingerprint density at radius 2 is 2.25 bits per heavy atom. The van der Waals surface area contributed by atoms with Crippen LogP contribution in [0.3, 0.4) is 0 Å². The quantitative estimate of drug-likeness (QED) is 0.845. The Balaban J connectivity index is 2.91. The molecule has 0 saturated heterocycles. The van der Waals surface area contributed by atoms with E-state index in [4.69, 9.17) is 27.9 Å². The van der Waals surface area contributed by atoms with Crippen molar-refractivity contribution >= 4 is 34.8 Å². The lowest BCUT2D eigenvalue weighted by Crippen LogP contribution is -2.20. The van der Waals surface area contributed by atoms with Crippen molar-refractivity contribution in [2.45, 2.75) is 19.2 Å². The maximum Gasteiger partial charge on any atom is 0.242 e. The van der Waals surface area contributed by atoms with Gasteiger partial charge in [0.15, 0.2) is 0 Å². The second kappa shape index (κ2) is 5.97. The standard InChI is InChI=1S/C11H13Cl2NO2/c1-3-16-10-5-4-8(13)6-9(10)14-11(15)7(2)12/h4-7H,3H2,1-2H3,(H,14,15). The van der Waals surface area contributed by atoms with Crippen molar-refractivity contribution in [3.63, 3.8) is 0 Å². The maximum atomic E-state index is 11.4. The van der Waals surface area contributed by atoms with Gasteiger partial charge in [-0.15, -0.1) is 11.6 Å². The SMILES string of the molecule is CCOc1ccc(Cl)cc1NC(=O)C(C)Cl. The number of amides is 1. The van der Waals surface area contributed by atoms with Gasteiger partial charge in [0, 0.05) is 5.02 Å². The zero-order valence-corrected chi connectivity index (χ0v) is 10.6. The van der Waals surface area contributed by atoms with Gasteiger partial charge in [0.05, 0.1) is 12.3 Å². The molecule has 0 fully saturated rings. The monoisotopic (exact) mass is 261 g/mol. The molecule has 1 unspecified atom stereocenters. The number of benzene rings is 1. The minimum atomic E-state index is -0.603. The van der Waals surface area contributed by atoms with Crippen LogP contribution in [0, 0.1) is 0 Å². The van der Waals surface area contributed by atoms with Gasteiger partial charge in [-0.3, -0.25) is 4.79 Å². The summed E-state index contributed by atoms with van der Waals surface area (Å²) in [6.45, 7) is 3.98. The first-order valence-corrected chi connectivity index (χ1v) is 5.73. The fourth-order valence-electron chi connectivity index (χ4n) is 1.11. The second-order valence-corrected chi connectivity index (χ2v) is 4.27. The van der Waals surface area contributed by atoms with E-state index in [1.807, 2.05) is 6.92 Å². The molecule has 0 radical (unpaired) electrons. The number of hydrogen-bond donors (Lipinski definition) is 1. The maximum absolute atomic E-state index is 11.4. The van der Waals surface area contributed by atoms with Crippen molar-refractivity contribution in [1.29, 1.82) is 0 Å². The first-order chi connectivity index (χ1) is 7.54. The van der Waals surface area contributed by atoms with Gasteiger partial charge in [-0.05, 0) is 32.0 Å². The number of hydrogen-bond acceptors (Lipinski definition) is 2. The zero-order valence-electron chi connectivity index (χ0n) is 9.09. The lowest BCUT2D eigenvalue weighted by atomic mass is 10.3. The summed E-state index contributed by atoms with van der Waals surface area (Å²) in [6, 6.07) is 5.04. The molecule has 1 amide bonds. The lowest BCUT2D eigenvalue weighted by Gasteiger charge is -2.12. The summed E-state index contributed by atoms with van der Waals surface area (Å²) in [5, 5.41) is 2.58. The summed E-state index contributed by atoms with van der Waals surface area (Å²) in [4.78, 5) is 11.4. The number of carbonyl (C=O) groups is 1. The van der Waals surface area contributed by atoms with Crippen LogP contribution in [0.4, 0.5) is 5.69 Å². The van der Waals surface area contributed by atoms with Gasteiger partial charge >= 0.3 is 0 Å². The number of ether oxygens (including phenoxy) is 1. The average Bonchev–Trinajstić information content (AvgIpc) is 2.22. The van der Waals surface area contributed by atoms with Crippen molar-refractivity contribution < 1.29 is 9.53 Å². The van der Waals surface area contributed by atoms with E-state index in [0.717, 1.165) is 0 Å². The third-order valence-corrected chi connectivity index (χ3v) is 2.29. The molecule has 0 saturated carbocycles. The topological polar surface area (TPSA) is 38.3 Å². The van der Waals surface area contributed by atoms with E-state index in [0.29, 0.717) is 23.1 Å². The van der Waals surface area contributed by atoms with E-state index in [1.54, 1.807) is 25.1 Å². The summed E-state index contributed by atoms with van der Waals surface area (Å²) >= 11 is 11.5. The first kappa shape index (κ1) is 13.1. The van der Waals surface area contributed by atoms with Crippen LogP contribution in [0.5, 0.6) is 5.75 Å². The molecule has 88 valence electrons. The van der Waals surface area contributed by atoms with Crippen molar-refractivity contribution in [1.82, 2.24) is 0 Å². The summed E-state index contributed by atoms with van der Waals surface area (Å²) in [5.41, 5.74) is 0.534. The molecule has 1 rings (SSSR count). The molecule has 5 heteroatoms. The molecule has 3 nitrogen and oxygen atoms in total. The van der Waals surface area contributed by atoms with Crippen LogP contribution in [0.25, 0.3) is 0 Å². The highest BCUT2D eigenvalue weighted by molar-refractivity contribution is 6.33. The van der Waals surface area contributed by atoms with Gasteiger partial charge < -0.3 is 10.1 Å². The molecule has 1 atom stereocenters. The van der Waals surface area contributed by atoms with Gasteiger partial charge in [-0.25, -0.2) is 0 Å². The Hall–Kier alpha value is -0.930. The summed E-state index contributed by atoms with van der Waals surface area (Å²) in [5.74, 6) is 0.294. The molecule has 1 aromatic rings. The molecule has 16 heavy (non-hydrogen) atoms. The fourth-order valence-corrected chi connectivity index (χ4v) is 1.34. The Labute approximate surface area is 105 Å². The Kier molecular flexibility index (Phi) is 4.90. The molecule has 0 aliphatic carbocycles. The van der Waals surface area contributed by atoms with Crippen LogP contribution in [0.15, 0.2) is 18.2 Å².